The fourth-order valence-electron chi connectivity index (χ4n) is 1.43. The van der Waals surface area contributed by atoms with Crippen LogP contribution in [0.3, 0.4) is 0 Å². The van der Waals surface area contributed by atoms with Gasteiger partial charge in [0.1, 0.15) is 5.69 Å². The average Bonchev–Trinajstić information content (AvgIpc) is 2.31. The number of rotatable bonds is 2. The van der Waals surface area contributed by atoms with Crippen molar-refractivity contribution in [1.29, 1.82) is 0 Å². The van der Waals surface area contributed by atoms with Crippen molar-refractivity contribution in [1.82, 2.24) is 9.97 Å². The van der Waals surface area contributed by atoms with Gasteiger partial charge in [0.2, 0.25) is 0 Å². The topological polar surface area (TPSA) is 42.9 Å². The van der Waals surface area contributed by atoms with E-state index in [0.29, 0.717) is 5.69 Å². The van der Waals surface area contributed by atoms with Crippen LogP contribution in [0.25, 0.3) is 11.4 Å². The van der Waals surface area contributed by atoms with Crippen molar-refractivity contribution in [2.75, 3.05) is 0 Å². The largest absolute Gasteiger partial charge is 0.296 e. The molecular formula is C13H12N2O. The number of aldehydes is 1. The summed E-state index contributed by atoms with van der Waals surface area (Å²) in [6.45, 7) is 3.85. The first-order valence-electron chi connectivity index (χ1n) is 5.06. The van der Waals surface area contributed by atoms with Crippen LogP contribution in [0.15, 0.2) is 30.5 Å². The second kappa shape index (κ2) is 4.23. The second-order valence-corrected chi connectivity index (χ2v) is 3.74. The Morgan fingerprint density at radius 3 is 2.44 bits per heavy atom. The number of hydrogen-bond donors (Lipinski definition) is 0. The number of aryl methyl sites for hydroxylation is 2. The quantitative estimate of drug-likeness (QED) is 0.718. The van der Waals surface area contributed by atoms with Crippen molar-refractivity contribution in [3.8, 4) is 11.4 Å². The third-order valence-electron chi connectivity index (χ3n) is 2.42. The fourth-order valence-corrected chi connectivity index (χ4v) is 1.43. The molecule has 0 aliphatic carbocycles. The lowest BCUT2D eigenvalue weighted by molar-refractivity contribution is 0.111. The van der Waals surface area contributed by atoms with Gasteiger partial charge in [0, 0.05) is 6.20 Å². The molecule has 3 nitrogen and oxygen atoms in total. The van der Waals surface area contributed by atoms with Gasteiger partial charge >= 0.3 is 0 Å². The van der Waals surface area contributed by atoms with E-state index < -0.39 is 0 Å². The summed E-state index contributed by atoms with van der Waals surface area (Å²) >= 11 is 0. The molecule has 0 bridgehead atoms. The molecule has 0 unspecified atom stereocenters. The summed E-state index contributed by atoms with van der Waals surface area (Å²) in [5.41, 5.74) is 3.97. The molecule has 0 saturated carbocycles. The van der Waals surface area contributed by atoms with Crippen molar-refractivity contribution in [2.24, 2.45) is 0 Å². The number of aromatic nitrogens is 2. The molecule has 0 spiro atoms. The third kappa shape index (κ3) is 1.98. The van der Waals surface area contributed by atoms with Crippen molar-refractivity contribution in [3.63, 3.8) is 0 Å². The Balaban J connectivity index is 2.48. The zero-order valence-electron chi connectivity index (χ0n) is 9.27. The van der Waals surface area contributed by atoms with Crippen LogP contribution in [0.5, 0.6) is 0 Å². The summed E-state index contributed by atoms with van der Waals surface area (Å²) in [6, 6.07) is 7.64. The zero-order chi connectivity index (χ0) is 11.5. The number of carbonyl (C=O) groups is 1. The zero-order valence-corrected chi connectivity index (χ0v) is 9.27. The maximum atomic E-state index is 10.8. The first-order chi connectivity index (χ1) is 7.70. The smallest absolute Gasteiger partial charge is 0.168 e. The Kier molecular flexibility index (Phi) is 2.77. The SMILES string of the molecule is Cc1ccc(-c2ccc(C)c(C=O)n2)nc1. The molecule has 0 saturated heterocycles. The Labute approximate surface area is 94.2 Å². The van der Waals surface area contributed by atoms with Crippen molar-refractivity contribution in [3.05, 3.63) is 47.3 Å². The summed E-state index contributed by atoms with van der Waals surface area (Å²) in [7, 11) is 0. The van der Waals surface area contributed by atoms with E-state index in [4.69, 9.17) is 0 Å². The maximum absolute atomic E-state index is 10.8. The van der Waals surface area contributed by atoms with E-state index in [1.165, 1.54) is 0 Å². The monoisotopic (exact) mass is 212 g/mol. The van der Waals surface area contributed by atoms with E-state index in [-0.39, 0.29) is 0 Å². The normalized spacial score (nSPS) is 10.1. The van der Waals surface area contributed by atoms with Gasteiger partial charge in [0.05, 0.1) is 11.4 Å². The minimum atomic E-state index is 0.472. The lowest BCUT2D eigenvalue weighted by atomic mass is 10.1. The molecule has 80 valence electrons. The van der Waals surface area contributed by atoms with Gasteiger partial charge in [-0.3, -0.25) is 9.78 Å². The lowest BCUT2D eigenvalue weighted by Crippen LogP contribution is -1.95. The number of nitrogens with zero attached hydrogens (tertiary/aromatic N) is 2. The average molecular weight is 212 g/mol. The Morgan fingerprint density at radius 2 is 1.81 bits per heavy atom. The summed E-state index contributed by atoms with van der Waals surface area (Å²) in [4.78, 5) is 19.3. The van der Waals surface area contributed by atoms with Gasteiger partial charge in [0.25, 0.3) is 0 Å². The molecule has 2 aromatic rings. The molecule has 0 radical (unpaired) electrons. The highest BCUT2D eigenvalue weighted by Gasteiger charge is 2.04. The minimum Gasteiger partial charge on any atom is -0.296 e. The molecule has 0 fully saturated rings. The van der Waals surface area contributed by atoms with Gasteiger partial charge in [-0.25, -0.2) is 4.98 Å². The molecule has 2 rings (SSSR count). The predicted molar refractivity (Wildman–Crippen MR) is 62.3 cm³/mol. The molecule has 16 heavy (non-hydrogen) atoms. The Hall–Kier alpha value is -2.03. The molecule has 0 aliphatic heterocycles. The molecule has 0 atom stereocenters. The number of hydrogen-bond acceptors (Lipinski definition) is 3. The standard InChI is InChI=1S/C13H12N2O/c1-9-3-5-11(14-7-9)12-6-4-10(2)13(8-16)15-12/h3-8H,1-2H3. The van der Waals surface area contributed by atoms with Crippen LogP contribution >= 0.6 is 0 Å². The van der Waals surface area contributed by atoms with Crippen molar-refractivity contribution >= 4 is 6.29 Å². The van der Waals surface area contributed by atoms with Crippen LogP contribution in [0.1, 0.15) is 21.6 Å². The summed E-state index contributed by atoms with van der Waals surface area (Å²) < 4.78 is 0. The van der Waals surface area contributed by atoms with Gasteiger partial charge in [-0.1, -0.05) is 12.1 Å². The molecule has 0 amide bonds. The van der Waals surface area contributed by atoms with E-state index in [0.717, 1.165) is 28.8 Å². The van der Waals surface area contributed by atoms with Crippen molar-refractivity contribution < 1.29 is 4.79 Å². The summed E-state index contributed by atoms with van der Waals surface area (Å²) in [5, 5.41) is 0. The highest BCUT2D eigenvalue weighted by molar-refractivity contribution is 5.75. The molecule has 2 aromatic heterocycles. The van der Waals surface area contributed by atoms with E-state index in [2.05, 4.69) is 9.97 Å². The van der Waals surface area contributed by atoms with Gasteiger partial charge < -0.3 is 0 Å². The van der Waals surface area contributed by atoms with Crippen LogP contribution < -0.4 is 0 Å². The van der Waals surface area contributed by atoms with Gasteiger partial charge in [-0.15, -0.1) is 0 Å². The van der Waals surface area contributed by atoms with Crippen LogP contribution in [0.4, 0.5) is 0 Å². The van der Waals surface area contributed by atoms with Crippen LogP contribution in [-0.4, -0.2) is 16.3 Å². The number of carbonyl (C=O) groups excluding carboxylic acids is 1. The fraction of sp³-hybridized carbons (Fsp3) is 0.154. The Bertz CT molecular complexity index is 518. The van der Waals surface area contributed by atoms with Crippen LogP contribution in [-0.2, 0) is 0 Å². The maximum Gasteiger partial charge on any atom is 0.168 e. The molecule has 0 N–H and O–H groups in total. The lowest BCUT2D eigenvalue weighted by Gasteiger charge is -2.03. The Morgan fingerprint density at radius 1 is 1.06 bits per heavy atom. The molecule has 3 heteroatoms. The summed E-state index contributed by atoms with van der Waals surface area (Å²) in [5.74, 6) is 0. The third-order valence-corrected chi connectivity index (χ3v) is 2.42. The van der Waals surface area contributed by atoms with E-state index in [9.17, 15) is 4.79 Å². The van der Waals surface area contributed by atoms with Crippen molar-refractivity contribution in [2.45, 2.75) is 13.8 Å². The van der Waals surface area contributed by atoms with E-state index in [1.54, 1.807) is 6.20 Å². The molecule has 2 heterocycles. The molecular weight excluding hydrogens is 200 g/mol. The highest BCUT2D eigenvalue weighted by atomic mass is 16.1. The minimum absolute atomic E-state index is 0.472. The molecule has 0 aliphatic rings. The number of pyridine rings is 2. The van der Waals surface area contributed by atoms with Gasteiger partial charge in [-0.05, 0) is 37.1 Å². The van der Waals surface area contributed by atoms with Crippen LogP contribution in [0, 0.1) is 13.8 Å². The first-order valence-corrected chi connectivity index (χ1v) is 5.06. The molecule has 0 aromatic carbocycles. The van der Waals surface area contributed by atoms with Gasteiger partial charge in [-0.2, -0.15) is 0 Å². The second-order valence-electron chi connectivity index (χ2n) is 3.74. The predicted octanol–water partition coefficient (Wildman–Crippen LogP) is 2.57. The first kappa shape index (κ1) is 10.5. The highest BCUT2D eigenvalue weighted by Crippen LogP contribution is 2.16. The van der Waals surface area contributed by atoms with Gasteiger partial charge in [0.15, 0.2) is 6.29 Å². The van der Waals surface area contributed by atoms with E-state index >= 15 is 0 Å². The van der Waals surface area contributed by atoms with Crippen LogP contribution in [0.2, 0.25) is 0 Å². The summed E-state index contributed by atoms with van der Waals surface area (Å²) in [6.07, 6.45) is 2.56. The van der Waals surface area contributed by atoms with E-state index in [1.807, 2.05) is 38.1 Å².